The maximum Gasteiger partial charge on any atom is 0.234 e. The van der Waals surface area contributed by atoms with Gasteiger partial charge in [0, 0.05) is 32.4 Å². The highest BCUT2D eigenvalue weighted by Crippen LogP contribution is 2.37. The quantitative estimate of drug-likeness (QED) is 0.621. The van der Waals surface area contributed by atoms with Crippen molar-refractivity contribution in [2.45, 2.75) is 64.3 Å². The maximum absolute atomic E-state index is 13.4. The Morgan fingerprint density at radius 1 is 0.974 bits per heavy atom. The Labute approximate surface area is 233 Å². The molecule has 0 aromatic heterocycles. The van der Waals surface area contributed by atoms with Crippen LogP contribution in [0.5, 0.6) is 5.75 Å². The van der Waals surface area contributed by atoms with E-state index >= 15 is 0 Å². The monoisotopic (exact) mass is 532 g/mol. The maximum atomic E-state index is 13.4. The summed E-state index contributed by atoms with van der Waals surface area (Å²) in [7, 11) is 2.14. The lowest BCUT2D eigenvalue weighted by molar-refractivity contribution is -0.135. The Morgan fingerprint density at radius 3 is 2.67 bits per heavy atom. The third kappa shape index (κ3) is 6.93. The van der Waals surface area contributed by atoms with Crippen LogP contribution in [0.15, 0.2) is 42.5 Å². The molecule has 1 saturated heterocycles. The third-order valence-corrected chi connectivity index (χ3v) is 8.83. The largest absolute Gasteiger partial charge is 0.493 e. The molecule has 0 unspecified atom stereocenters. The summed E-state index contributed by atoms with van der Waals surface area (Å²) < 4.78 is 6.00. The van der Waals surface area contributed by atoms with Crippen molar-refractivity contribution in [2.24, 2.45) is 5.41 Å². The molecule has 5 rings (SSSR count). The molecule has 210 valence electrons. The lowest BCUT2D eigenvalue weighted by Gasteiger charge is -2.40. The Bertz CT molecular complexity index is 1140. The van der Waals surface area contributed by atoms with E-state index < -0.39 is 0 Å². The van der Waals surface area contributed by atoms with Gasteiger partial charge in [-0.25, -0.2) is 0 Å². The Balaban J connectivity index is 1.12. The van der Waals surface area contributed by atoms with Gasteiger partial charge in [0.15, 0.2) is 0 Å². The van der Waals surface area contributed by atoms with Crippen LogP contribution in [-0.4, -0.2) is 63.1 Å². The lowest BCUT2D eigenvalue weighted by Crippen LogP contribution is -2.50. The van der Waals surface area contributed by atoms with Crippen molar-refractivity contribution in [3.63, 3.8) is 0 Å². The van der Waals surface area contributed by atoms with E-state index in [0.717, 1.165) is 82.3 Å². The van der Waals surface area contributed by atoms with Crippen molar-refractivity contribution in [1.29, 1.82) is 0 Å². The van der Waals surface area contributed by atoms with Gasteiger partial charge in [0.05, 0.1) is 18.6 Å². The molecule has 3 aliphatic heterocycles. The van der Waals surface area contributed by atoms with Gasteiger partial charge in [0.2, 0.25) is 11.8 Å². The number of nitrogens with one attached hydrogen (secondary N) is 2. The average Bonchev–Trinajstić information content (AvgIpc) is 2.96. The second kappa shape index (κ2) is 12.9. The number of amides is 2. The number of fused-ring (bicyclic) bond motifs is 2. The first-order chi connectivity index (χ1) is 19.0. The van der Waals surface area contributed by atoms with Crippen LogP contribution in [0.2, 0.25) is 0 Å². The van der Waals surface area contributed by atoms with Crippen molar-refractivity contribution >= 4 is 17.5 Å². The first-order valence-electron chi connectivity index (χ1n) is 14.8. The molecule has 2 aromatic rings. The molecule has 2 N–H and O–H groups in total. The van der Waals surface area contributed by atoms with Crippen LogP contribution in [0, 0.1) is 5.41 Å². The van der Waals surface area contributed by atoms with Crippen LogP contribution in [0.25, 0.3) is 0 Å². The number of para-hydroxylation sites is 1. The number of benzene rings is 2. The van der Waals surface area contributed by atoms with Gasteiger partial charge in [-0.1, -0.05) is 36.8 Å². The second-order valence-corrected chi connectivity index (χ2v) is 11.6. The molecule has 0 radical (unpaired) electrons. The van der Waals surface area contributed by atoms with Gasteiger partial charge in [-0.05, 0) is 93.3 Å². The van der Waals surface area contributed by atoms with E-state index in [0.29, 0.717) is 26.2 Å². The number of hydrogen-bond acceptors (Lipinski definition) is 5. The van der Waals surface area contributed by atoms with E-state index in [4.69, 9.17) is 4.74 Å². The molecule has 2 aromatic carbocycles. The van der Waals surface area contributed by atoms with Gasteiger partial charge in [0.1, 0.15) is 5.75 Å². The van der Waals surface area contributed by atoms with E-state index in [-0.39, 0.29) is 17.2 Å². The summed E-state index contributed by atoms with van der Waals surface area (Å²) >= 11 is 0. The van der Waals surface area contributed by atoms with Crippen LogP contribution in [0.3, 0.4) is 0 Å². The standard InChI is InChI=1S/C32H44N4O3/c1-35-18-6-10-27-22-25(12-13-28(27)35)23-34-30(37)24-36-19-15-32(16-20-36)14-5-4-9-26-8-2-3-11-29(26)39-21-7-17-33-31(32)38/h2-3,8,11-13,22H,4-7,9-10,14-21,23-24H2,1H3,(H,33,38)(H,34,37). The number of ether oxygens (including phenoxy) is 1. The van der Waals surface area contributed by atoms with Gasteiger partial charge >= 0.3 is 0 Å². The summed E-state index contributed by atoms with van der Waals surface area (Å²) in [6.45, 7) is 4.84. The van der Waals surface area contributed by atoms with Crippen molar-refractivity contribution in [3.05, 3.63) is 59.2 Å². The highest BCUT2D eigenvalue weighted by molar-refractivity contribution is 5.83. The SMILES string of the molecule is CN1CCCc2cc(CNC(=O)CN3CCC4(CCCCc5ccccc5OCCCNC4=O)CC3)ccc21. The fourth-order valence-corrected chi connectivity index (χ4v) is 6.41. The first-order valence-corrected chi connectivity index (χ1v) is 14.8. The van der Waals surface area contributed by atoms with Crippen molar-refractivity contribution in [1.82, 2.24) is 15.5 Å². The number of carbonyl (C=O) groups is 2. The predicted molar refractivity (Wildman–Crippen MR) is 155 cm³/mol. The smallest absolute Gasteiger partial charge is 0.234 e. The number of rotatable bonds is 4. The summed E-state index contributed by atoms with van der Waals surface area (Å²) in [6, 6.07) is 14.8. The molecule has 39 heavy (non-hydrogen) atoms. The Hall–Kier alpha value is -3.06. The number of carbonyl (C=O) groups excluding carboxylic acids is 2. The van der Waals surface area contributed by atoms with E-state index in [2.05, 4.69) is 57.8 Å². The van der Waals surface area contributed by atoms with E-state index in [1.807, 2.05) is 12.1 Å². The van der Waals surface area contributed by atoms with Gasteiger partial charge in [0.25, 0.3) is 0 Å². The van der Waals surface area contributed by atoms with Crippen LogP contribution < -0.4 is 20.3 Å². The molecule has 1 fully saturated rings. The molecule has 3 aliphatic rings. The number of aryl methyl sites for hydroxylation is 2. The molecule has 0 atom stereocenters. The minimum absolute atomic E-state index is 0.0545. The summed E-state index contributed by atoms with van der Waals surface area (Å²) in [6.07, 6.45) is 8.61. The molecule has 7 nitrogen and oxygen atoms in total. The molecule has 0 aliphatic carbocycles. The van der Waals surface area contributed by atoms with Gasteiger partial charge in [-0.15, -0.1) is 0 Å². The van der Waals surface area contributed by atoms with E-state index in [1.54, 1.807) is 0 Å². The zero-order valence-corrected chi connectivity index (χ0v) is 23.5. The Kier molecular flexibility index (Phi) is 9.07. The predicted octanol–water partition coefficient (Wildman–Crippen LogP) is 4.08. The van der Waals surface area contributed by atoms with Crippen molar-refractivity contribution in [3.8, 4) is 5.75 Å². The summed E-state index contributed by atoms with van der Waals surface area (Å²) in [5.41, 5.74) is 4.76. The van der Waals surface area contributed by atoms with Gasteiger partial charge < -0.3 is 20.3 Å². The highest BCUT2D eigenvalue weighted by atomic mass is 16.5. The molecule has 0 saturated carbocycles. The number of likely N-dealkylation sites (tertiary alicyclic amines) is 1. The minimum atomic E-state index is -0.336. The molecule has 1 spiro atoms. The van der Waals surface area contributed by atoms with Gasteiger partial charge in [-0.2, -0.15) is 0 Å². The van der Waals surface area contributed by atoms with Gasteiger partial charge in [-0.3, -0.25) is 14.5 Å². The second-order valence-electron chi connectivity index (χ2n) is 11.6. The van der Waals surface area contributed by atoms with Crippen molar-refractivity contribution in [2.75, 3.05) is 51.3 Å². The number of piperidine rings is 1. The normalized spacial score (nSPS) is 20.3. The first kappa shape index (κ1) is 27.5. The number of hydrogen-bond donors (Lipinski definition) is 2. The zero-order chi connectivity index (χ0) is 27.1. The summed E-state index contributed by atoms with van der Waals surface area (Å²) in [5.74, 6) is 1.21. The van der Waals surface area contributed by atoms with Crippen LogP contribution in [-0.2, 0) is 29.0 Å². The fraction of sp³-hybridized carbons (Fsp3) is 0.562. The van der Waals surface area contributed by atoms with E-state index in [1.165, 1.54) is 23.2 Å². The highest BCUT2D eigenvalue weighted by Gasteiger charge is 2.40. The fourth-order valence-electron chi connectivity index (χ4n) is 6.41. The minimum Gasteiger partial charge on any atom is -0.493 e. The van der Waals surface area contributed by atoms with Crippen LogP contribution >= 0.6 is 0 Å². The Morgan fingerprint density at radius 2 is 1.79 bits per heavy atom. The molecule has 7 heteroatoms. The third-order valence-electron chi connectivity index (χ3n) is 8.83. The summed E-state index contributed by atoms with van der Waals surface area (Å²) in [4.78, 5) is 30.7. The molecule has 2 amide bonds. The average molecular weight is 533 g/mol. The molecule has 3 heterocycles. The number of anilines is 1. The zero-order valence-electron chi connectivity index (χ0n) is 23.5. The van der Waals surface area contributed by atoms with Crippen LogP contribution in [0.1, 0.15) is 61.6 Å². The molecular formula is C32H44N4O3. The van der Waals surface area contributed by atoms with Crippen LogP contribution in [0.4, 0.5) is 5.69 Å². The molecule has 0 bridgehead atoms. The topological polar surface area (TPSA) is 73.9 Å². The number of nitrogens with zero attached hydrogens (tertiary/aromatic N) is 2. The summed E-state index contributed by atoms with van der Waals surface area (Å²) in [5, 5.41) is 6.32. The van der Waals surface area contributed by atoms with E-state index in [9.17, 15) is 9.59 Å². The van der Waals surface area contributed by atoms with Crippen molar-refractivity contribution < 1.29 is 14.3 Å². The molecular weight excluding hydrogens is 488 g/mol. The lowest BCUT2D eigenvalue weighted by atomic mass is 9.73.